The first-order valence-corrected chi connectivity index (χ1v) is 9.11. The van der Waals surface area contributed by atoms with Crippen LogP contribution in [-0.2, 0) is 0 Å². The Bertz CT molecular complexity index is 816. The van der Waals surface area contributed by atoms with Crippen LogP contribution in [0.4, 0.5) is 11.4 Å². The predicted molar refractivity (Wildman–Crippen MR) is 116 cm³/mol. The molecule has 3 N–H and O–H groups in total. The Morgan fingerprint density at radius 3 is 1.80 bits per heavy atom. The number of halogens is 4. The van der Waals surface area contributed by atoms with Gasteiger partial charge in [0.1, 0.15) is 0 Å². The molecular weight excluding hydrogens is 442 g/mol. The zero-order valence-corrected chi connectivity index (χ0v) is 17.4. The summed E-state index contributed by atoms with van der Waals surface area (Å²) in [7, 11) is 1.70. The maximum Gasteiger partial charge on any atom is 0.192 e. The summed E-state index contributed by atoms with van der Waals surface area (Å²) >= 11 is 34.5. The minimum atomic E-state index is 0.304. The summed E-state index contributed by atoms with van der Waals surface area (Å²) in [6.45, 7) is 0. The summed E-state index contributed by atoms with van der Waals surface area (Å²) in [4.78, 5) is 0. The van der Waals surface area contributed by atoms with Crippen LogP contribution in [0.5, 0.6) is 0 Å². The van der Waals surface area contributed by atoms with Crippen molar-refractivity contribution >= 4 is 92.4 Å². The van der Waals surface area contributed by atoms with Crippen molar-refractivity contribution in [2.24, 2.45) is 0 Å². The second-order valence-corrected chi connectivity index (χ2v) is 7.29. The first-order valence-electron chi connectivity index (χ1n) is 6.78. The molecule has 0 spiro atoms. The van der Waals surface area contributed by atoms with Crippen LogP contribution in [0.15, 0.2) is 36.4 Å². The van der Waals surface area contributed by atoms with E-state index in [1.165, 1.54) is 5.01 Å². The lowest BCUT2D eigenvalue weighted by atomic mass is 10.3. The van der Waals surface area contributed by atoms with E-state index in [4.69, 9.17) is 70.8 Å². The molecule has 0 bridgehead atoms. The molecule has 2 aromatic carbocycles. The van der Waals surface area contributed by atoms with E-state index in [-0.39, 0.29) is 0 Å². The Morgan fingerprint density at radius 1 is 0.840 bits per heavy atom. The van der Waals surface area contributed by atoms with E-state index in [0.717, 1.165) is 0 Å². The molecule has 10 heteroatoms. The molecule has 0 aliphatic heterocycles. The minimum Gasteiger partial charge on any atom is -0.330 e. The number of hydrogen-bond acceptors (Lipinski definition) is 2. The third-order valence-electron chi connectivity index (χ3n) is 2.93. The summed E-state index contributed by atoms with van der Waals surface area (Å²) in [6.07, 6.45) is 0. The average Bonchev–Trinajstić information content (AvgIpc) is 2.52. The van der Waals surface area contributed by atoms with Crippen LogP contribution in [0.1, 0.15) is 0 Å². The standard InChI is InChI=1S/C15H12Cl4N4S2/c1-23(15(25)21-13-5-3-9(17)7-11(13)19)22-14(24)20-12-4-2-8(16)6-10(12)18/h2-7H,1H3,(H,21,25)(H2,20,22,24). The maximum absolute atomic E-state index is 6.11. The number of thiocarbonyl (C=S) groups is 2. The lowest BCUT2D eigenvalue weighted by molar-refractivity contribution is 0.467. The number of benzene rings is 2. The van der Waals surface area contributed by atoms with Gasteiger partial charge in [-0.05, 0) is 60.8 Å². The number of anilines is 2. The summed E-state index contributed by atoms with van der Waals surface area (Å²) in [5, 5.41) is 10.1. The van der Waals surface area contributed by atoms with Gasteiger partial charge in [0.05, 0.1) is 21.4 Å². The van der Waals surface area contributed by atoms with E-state index >= 15 is 0 Å². The molecule has 0 heterocycles. The van der Waals surface area contributed by atoms with Crippen LogP contribution < -0.4 is 16.1 Å². The number of nitrogens with one attached hydrogen (secondary N) is 3. The molecular formula is C15H12Cl4N4S2. The van der Waals surface area contributed by atoms with Gasteiger partial charge < -0.3 is 10.6 Å². The summed E-state index contributed by atoms with van der Waals surface area (Å²) in [5.74, 6) is 0. The monoisotopic (exact) mass is 452 g/mol. The Kier molecular flexibility index (Phi) is 7.37. The van der Waals surface area contributed by atoms with Crippen molar-refractivity contribution in [1.29, 1.82) is 0 Å². The van der Waals surface area contributed by atoms with Gasteiger partial charge in [0.15, 0.2) is 10.2 Å². The fourth-order valence-corrected chi connectivity index (χ4v) is 3.05. The molecule has 0 atom stereocenters. The molecule has 4 nitrogen and oxygen atoms in total. The van der Waals surface area contributed by atoms with Crippen LogP contribution in [0.25, 0.3) is 0 Å². The molecule has 0 aliphatic carbocycles. The molecule has 0 radical (unpaired) electrons. The lowest BCUT2D eigenvalue weighted by Gasteiger charge is -2.24. The summed E-state index contributed by atoms with van der Waals surface area (Å²) < 4.78 is 0. The first kappa shape index (κ1) is 20.3. The Labute approximate surface area is 176 Å². The molecule has 2 aromatic rings. The molecule has 0 aromatic heterocycles. The van der Waals surface area contributed by atoms with Crippen LogP contribution in [0, 0.1) is 0 Å². The first-order chi connectivity index (χ1) is 11.8. The van der Waals surface area contributed by atoms with Gasteiger partial charge in [-0.3, -0.25) is 10.4 Å². The highest BCUT2D eigenvalue weighted by molar-refractivity contribution is 7.81. The Hall–Kier alpha value is -1.02. The van der Waals surface area contributed by atoms with Gasteiger partial charge in [-0.15, -0.1) is 0 Å². The number of hydrogen-bond donors (Lipinski definition) is 3. The van der Waals surface area contributed by atoms with Gasteiger partial charge in [0.25, 0.3) is 0 Å². The second kappa shape index (κ2) is 9.07. The van der Waals surface area contributed by atoms with Gasteiger partial charge in [-0.2, -0.15) is 0 Å². The van der Waals surface area contributed by atoms with Gasteiger partial charge in [0.2, 0.25) is 0 Å². The summed E-state index contributed by atoms with van der Waals surface area (Å²) in [5.41, 5.74) is 4.16. The molecule has 132 valence electrons. The Balaban J connectivity index is 1.94. The van der Waals surface area contributed by atoms with E-state index in [9.17, 15) is 0 Å². The zero-order chi connectivity index (χ0) is 18.6. The fourth-order valence-electron chi connectivity index (χ4n) is 1.73. The highest BCUT2D eigenvalue weighted by Crippen LogP contribution is 2.26. The normalized spacial score (nSPS) is 10.1. The zero-order valence-electron chi connectivity index (χ0n) is 12.7. The van der Waals surface area contributed by atoms with Gasteiger partial charge in [-0.1, -0.05) is 46.4 Å². The van der Waals surface area contributed by atoms with Crippen molar-refractivity contribution in [1.82, 2.24) is 10.4 Å². The van der Waals surface area contributed by atoms with E-state index in [2.05, 4.69) is 16.1 Å². The van der Waals surface area contributed by atoms with Crippen molar-refractivity contribution in [3.05, 3.63) is 56.5 Å². The average molecular weight is 454 g/mol. The number of nitrogens with zero attached hydrogens (tertiary/aromatic N) is 1. The molecule has 0 aliphatic rings. The highest BCUT2D eigenvalue weighted by Gasteiger charge is 2.10. The van der Waals surface area contributed by atoms with Crippen molar-refractivity contribution in [3.63, 3.8) is 0 Å². The molecule has 0 amide bonds. The van der Waals surface area contributed by atoms with Crippen molar-refractivity contribution in [2.75, 3.05) is 17.7 Å². The smallest absolute Gasteiger partial charge is 0.192 e. The molecule has 0 saturated carbocycles. The van der Waals surface area contributed by atoms with Gasteiger partial charge in [0, 0.05) is 17.1 Å². The molecule has 0 unspecified atom stereocenters. The molecule has 25 heavy (non-hydrogen) atoms. The molecule has 0 fully saturated rings. The SMILES string of the molecule is CN(NC(=S)Nc1ccc(Cl)cc1Cl)C(=S)Nc1ccc(Cl)cc1Cl. The summed E-state index contributed by atoms with van der Waals surface area (Å²) in [6, 6.07) is 10.1. The van der Waals surface area contributed by atoms with Gasteiger partial charge >= 0.3 is 0 Å². The topological polar surface area (TPSA) is 39.3 Å². The molecule has 2 rings (SSSR count). The van der Waals surface area contributed by atoms with E-state index in [1.807, 2.05) is 0 Å². The molecule has 0 saturated heterocycles. The quantitative estimate of drug-likeness (QED) is 0.392. The predicted octanol–water partition coefficient (Wildman–Crippen LogP) is 5.83. The lowest BCUT2D eigenvalue weighted by Crippen LogP contribution is -2.47. The van der Waals surface area contributed by atoms with E-state index in [0.29, 0.717) is 41.7 Å². The van der Waals surface area contributed by atoms with E-state index in [1.54, 1.807) is 43.4 Å². The largest absolute Gasteiger partial charge is 0.330 e. The Morgan fingerprint density at radius 2 is 1.32 bits per heavy atom. The van der Waals surface area contributed by atoms with Crippen molar-refractivity contribution < 1.29 is 0 Å². The number of hydrazine groups is 1. The third-order valence-corrected chi connectivity index (χ3v) is 4.59. The van der Waals surface area contributed by atoms with Crippen molar-refractivity contribution in [3.8, 4) is 0 Å². The second-order valence-electron chi connectivity index (χ2n) is 4.80. The number of rotatable bonds is 2. The van der Waals surface area contributed by atoms with Gasteiger partial charge in [-0.25, -0.2) is 0 Å². The van der Waals surface area contributed by atoms with Crippen LogP contribution >= 0.6 is 70.8 Å². The maximum atomic E-state index is 6.11. The minimum absolute atomic E-state index is 0.304. The van der Waals surface area contributed by atoms with Crippen LogP contribution in [0.3, 0.4) is 0 Å². The third kappa shape index (κ3) is 6.02. The van der Waals surface area contributed by atoms with Crippen molar-refractivity contribution in [2.45, 2.75) is 0 Å². The van der Waals surface area contributed by atoms with Crippen LogP contribution in [-0.4, -0.2) is 22.3 Å². The fraction of sp³-hybridized carbons (Fsp3) is 0.0667. The van der Waals surface area contributed by atoms with E-state index < -0.39 is 0 Å². The highest BCUT2D eigenvalue weighted by atomic mass is 35.5. The van der Waals surface area contributed by atoms with Crippen LogP contribution in [0.2, 0.25) is 20.1 Å².